The molecule has 24 heteroatoms. The predicted molar refractivity (Wildman–Crippen MR) is 275 cm³/mol. The predicted octanol–water partition coefficient (Wildman–Crippen LogP) is 5.74. The van der Waals surface area contributed by atoms with Gasteiger partial charge in [0.15, 0.2) is 11.6 Å². The number of hydrogen-bond donors (Lipinski definition) is 7. The van der Waals surface area contributed by atoms with Crippen LogP contribution in [0.2, 0.25) is 0 Å². The van der Waals surface area contributed by atoms with Crippen molar-refractivity contribution in [2.24, 2.45) is 11.8 Å². The van der Waals surface area contributed by atoms with Crippen LogP contribution in [0.1, 0.15) is 205 Å². The number of hydrogen-bond acceptors (Lipinski definition) is 16. The molecule has 0 saturated carbocycles. The van der Waals surface area contributed by atoms with E-state index < -0.39 is 81.5 Å². The van der Waals surface area contributed by atoms with Gasteiger partial charge in [-0.25, -0.2) is 13.2 Å². The Bertz CT molecular complexity index is 1940. The molecule has 23 nitrogen and oxygen atoms in total. The number of carbonyl (C=O) groups is 9. The Kier molecular flexibility index (Phi) is 38.8. The molecule has 0 spiro atoms. The highest BCUT2D eigenvalue weighted by Crippen LogP contribution is 2.18. The SMILES string of the molecule is CCC(=O)CCCCCC(CC(=O)COCCOCCNC(=O)CCC(CC(=O)CCC(NC(=O)CCCS(=O)(=O)NC(=O)CCCCCCCCCCCCCCCCCc1nn[nH]n1)C(=O)O)C(=O)O)C(=O)O. The maximum Gasteiger partial charge on any atom is 0.326 e. The number of sulfonamides is 1. The Hall–Kier alpha value is -5.23. The minimum atomic E-state index is -4.03. The van der Waals surface area contributed by atoms with Crippen molar-refractivity contribution in [2.45, 2.75) is 212 Å². The zero-order valence-corrected chi connectivity index (χ0v) is 45.1. The smallest absolute Gasteiger partial charge is 0.326 e. The molecule has 3 amide bonds. The summed E-state index contributed by atoms with van der Waals surface area (Å²) in [7, 11) is -4.03. The first kappa shape index (κ1) is 67.8. The van der Waals surface area contributed by atoms with E-state index in [1.807, 2.05) is 4.72 Å². The van der Waals surface area contributed by atoms with Gasteiger partial charge in [-0.3, -0.25) is 43.1 Å². The van der Waals surface area contributed by atoms with E-state index in [-0.39, 0.29) is 95.9 Å². The number of unbranched alkanes of at least 4 members (excludes halogenated alkanes) is 16. The van der Waals surface area contributed by atoms with E-state index in [0.717, 1.165) is 44.3 Å². The molecule has 75 heavy (non-hydrogen) atoms. The lowest BCUT2D eigenvalue weighted by Gasteiger charge is -2.15. The number of aryl methyl sites for hydroxylation is 1. The van der Waals surface area contributed by atoms with Gasteiger partial charge < -0.3 is 35.4 Å². The molecule has 0 aliphatic carbocycles. The Morgan fingerprint density at radius 3 is 1.68 bits per heavy atom. The highest BCUT2D eigenvalue weighted by atomic mass is 32.2. The highest BCUT2D eigenvalue weighted by molar-refractivity contribution is 7.90. The maximum absolute atomic E-state index is 12.7. The first-order valence-electron chi connectivity index (χ1n) is 27.1. The standard InChI is InChI=1S/C51H87N7O16S/c1-2-41(59)23-18-16-17-22-39(49(65)66)37-43(61)38-74-34-33-73-32-31-52-46(62)30-27-40(50(67)68)36-42(60)28-29-44(51(69)70)53-47(63)26-21-35-75(71,72)56-48(64)25-20-15-13-11-9-7-5-3-4-6-8-10-12-14-19-24-45-54-57-58-55-45/h39-40,44H,2-38H2,1H3,(H,52,62)(H,53,63)(H,56,64)(H,65,66)(H,67,68)(H,69,70)(H,54,55,57,58). The van der Waals surface area contributed by atoms with Crippen LogP contribution in [0.15, 0.2) is 0 Å². The van der Waals surface area contributed by atoms with E-state index in [9.17, 15) is 66.9 Å². The zero-order valence-electron chi connectivity index (χ0n) is 44.3. The number of carboxylic acids is 3. The van der Waals surface area contributed by atoms with Crippen molar-refractivity contribution < 1.29 is 76.4 Å². The number of aromatic nitrogens is 4. The number of aliphatic carboxylic acids is 3. The Balaban J connectivity index is 2.16. The lowest BCUT2D eigenvalue weighted by Crippen LogP contribution is -2.41. The molecule has 1 heterocycles. The second-order valence-electron chi connectivity index (χ2n) is 19.2. The van der Waals surface area contributed by atoms with Gasteiger partial charge in [-0.1, -0.05) is 108 Å². The first-order chi connectivity index (χ1) is 35.9. The van der Waals surface area contributed by atoms with E-state index in [4.69, 9.17) is 9.47 Å². The van der Waals surface area contributed by atoms with Crippen molar-refractivity contribution in [1.29, 1.82) is 0 Å². The van der Waals surface area contributed by atoms with Crippen LogP contribution in [0, 0.1) is 11.8 Å². The fourth-order valence-corrected chi connectivity index (χ4v) is 9.22. The van der Waals surface area contributed by atoms with E-state index >= 15 is 0 Å². The lowest BCUT2D eigenvalue weighted by molar-refractivity contribution is -0.145. The van der Waals surface area contributed by atoms with Crippen molar-refractivity contribution in [3.63, 3.8) is 0 Å². The summed E-state index contributed by atoms with van der Waals surface area (Å²) in [4.78, 5) is 109. The van der Waals surface area contributed by atoms with Gasteiger partial charge in [0.25, 0.3) is 0 Å². The molecule has 7 N–H and O–H groups in total. The van der Waals surface area contributed by atoms with E-state index in [0.29, 0.717) is 44.9 Å². The van der Waals surface area contributed by atoms with Gasteiger partial charge >= 0.3 is 17.9 Å². The number of nitrogens with one attached hydrogen (secondary N) is 4. The molecule has 1 aromatic rings. The molecule has 1 aromatic heterocycles. The first-order valence-corrected chi connectivity index (χ1v) is 28.8. The van der Waals surface area contributed by atoms with E-state index in [2.05, 4.69) is 31.3 Å². The summed E-state index contributed by atoms with van der Waals surface area (Å²) in [5.74, 6) is -8.38. The molecule has 428 valence electrons. The molecule has 0 radical (unpaired) electrons. The minimum Gasteiger partial charge on any atom is -0.481 e. The average molecular weight is 1090 g/mol. The summed E-state index contributed by atoms with van der Waals surface area (Å²) in [5.41, 5.74) is 0. The fourth-order valence-electron chi connectivity index (χ4n) is 8.15. The highest BCUT2D eigenvalue weighted by Gasteiger charge is 2.26. The Morgan fingerprint density at radius 1 is 0.547 bits per heavy atom. The van der Waals surface area contributed by atoms with Crippen molar-refractivity contribution in [3.05, 3.63) is 5.82 Å². The molecule has 0 aliphatic heterocycles. The summed E-state index contributed by atoms with van der Waals surface area (Å²) in [6.07, 6.45) is 18.5. The summed E-state index contributed by atoms with van der Waals surface area (Å²) in [6.45, 7) is 1.79. The van der Waals surface area contributed by atoms with Crippen LogP contribution in [0.3, 0.4) is 0 Å². The summed E-state index contributed by atoms with van der Waals surface area (Å²) < 4.78 is 37.6. The zero-order chi connectivity index (χ0) is 55.5. The number of carboxylic acid groups (broad SMARTS) is 3. The second kappa shape index (κ2) is 42.9. The quantitative estimate of drug-likeness (QED) is 0.0382. The molecule has 0 saturated heterocycles. The summed E-state index contributed by atoms with van der Waals surface area (Å²) >= 11 is 0. The van der Waals surface area contributed by atoms with Gasteiger partial charge in [-0.2, -0.15) is 5.21 Å². The number of rotatable bonds is 52. The number of H-pyrrole nitrogens is 1. The van der Waals surface area contributed by atoms with Crippen LogP contribution in [-0.2, 0) is 69.1 Å². The molecule has 3 atom stereocenters. The third-order valence-corrected chi connectivity index (χ3v) is 14.0. The number of amides is 3. The number of nitrogens with zero attached hydrogens (tertiary/aromatic N) is 3. The van der Waals surface area contributed by atoms with Crippen LogP contribution < -0.4 is 15.4 Å². The topological polar surface area (TPSA) is 357 Å². The monoisotopic (exact) mass is 1090 g/mol. The van der Waals surface area contributed by atoms with Gasteiger partial charge in [-0.15, -0.1) is 10.2 Å². The van der Waals surface area contributed by atoms with E-state index in [1.165, 1.54) is 57.8 Å². The van der Waals surface area contributed by atoms with Gasteiger partial charge in [0, 0.05) is 64.3 Å². The molecular weight excluding hydrogens is 999 g/mol. The lowest BCUT2D eigenvalue weighted by atomic mass is 9.94. The Labute approximate surface area is 442 Å². The van der Waals surface area contributed by atoms with Crippen molar-refractivity contribution in [2.75, 3.05) is 38.7 Å². The maximum atomic E-state index is 12.7. The number of tetrazole rings is 1. The molecule has 0 aromatic carbocycles. The minimum absolute atomic E-state index is 0.0437. The number of ketones is 3. The number of carbonyl (C=O) groups excluding carboxylic acids is 6. The van der Waals surface area contributed by atoms with Crippen LogP contribution in [-0.4, -0.2) is 142 Å². The molecule has 0 bridgehead atoms. The van der Waals surface area contributed by atoms with Gasteiger partial charge in [-0.05, 0) is 44.9 Å². The normalized spacial score (nSPS) is 12.6. The third-order valence-electron chi connectivity index (χ3n) is 12.6. The van der Waals surface area contributed by atoms with Gasteiger partial charge in [0.2, 0.25) is 27.7 Å². The van der Waals surface area contributed by atoms with Crippen LogP contribution >= 0.6 is 0 Å². The molecule has 0 aliphatic rings. The van der Waals surface area contributed by atoms with Crippen molar-refractivity contribution in [1.82, 2.24) is 36.0 Å². The largest absolute Gasteiger partial charge is 0.481 e. The van der Waals surface area contributed by atoms with Gasteiger partial charge in [0.1, 0.15) is 24.2 Å². The second-order valence-corrected chi connectivity index (χ2v) is 21.0. The van der Waals surface area contributed by atoms with E-state index in [1.54, 1.807) is 6.92 Å². The average Bonchev–Trinajstić information content (AvgIpc) is 3.88. The summed E-state index contributed by atoms with van der Waals surface area (Å²) in [6, 6.07) is -1.51. The number of Topliss-reactive ketones (excluding diaryl/α,β-unsaturated/α-hetero) is 3. The van der Waals surface area contributed by atoms with Crippen molar-refractivity contribution in [3.8, 4) is 0 Å². The molecular formula is C51H87N7O16S. The Morgan fingerprint density at radius 2 is 1.09 bits per heavy atom. The third kappa shape index (κ3) is 38.9. The molecule has 1 rings (SSSR count). The number of aromatic amines is 1. The molecule has 3 unspecified atom stereocenters. The van der Waals surface area contributed by atoms with Crippen LogP contribution in [0.25, 0.3) is 0 Å². The molecule has 0 fully saturated rings. The van der Waals surface area contributed by atoms with Crippen LogP contribution in [0.4, 0.5) is 0 Å². The number of ether oxygens (including phenoxy) is 2. The van der Waals surface area contributed by atoms with Gasteiger partial charge in [0.05, 0.1) is 37.4 Å². The van der Waals surface area contributed by atoms with Crippen molar-refractivity contribution >= 4 is 63.0 Å². The van der Waals surface area contributed by atoms with Crippen LogP contribution in [0.5, 0.6) is 0 Å². The fraction of sp³-hybridized carbons (Fsp3) is 0.804. The summed E-state index contributed by atoms with van der Waals surface area (Å²) in [5, 5.41) is 47.5.